The predicted molar refractivity (Wildman–Crippen MR) is 91.5 cm³/mol. The molecule has 0 aliphatic heterocycles. The van der Waals surface area contributed by atoms with Crippen LogP contribution >= 0.6 is 0 Å². The summed E-state index contributed by atoms with van der Waals surface area (Å²) in [4.78, 5) is 36.5. The molecule has 0 aliphatic rings. The molecule has 0 radical (unpaired) electrons. The van der Waals surface area contributed by atoms with Crippen LogP contribution in [-0.4, -0.2) is 17.9 Å². The highest BCUT2D eigenvalue weighted by Gasteiger charge is 2.25. The van der Waals surface area contributed by atoms with Crippen LogP contribution in [0.2, 0.25) is 0 Å². The Kier molecular flexibility index (Phi) is 4.98. The maximum absolute atomic E-state index is 14.8. The molecule has 0 saturated carbocycles. The number of hydrogen-bond donors (Lipinski definition) is 0. The van der Waals surface area contributed by atoms with Crippen LogP contribution in [0.5, 0.6) is 0 Å². The van der Waals surface area contributed by atoms with E-state index in [9.17, 15) is 27.6 Å². The number of carbonyl (C=O) groups excluding carboxylic acids is 3. The topological polar surface area (TPSA) is 51.2 Å². The third kappa shape index (κ3) is 3.55. The Hall–Kier alpha value is -3.54. The molecular weight excluding hydrogens is 357 g/mol. The number of rotatable bonds is 5. The van der Waals surface area contributed by atoms with E-state index in [1.54, 1.807) is 0 Å². The van der Waals surface area contributed by atoms with Gasteiger partial charge in [0.2, 0.25) is 0 Å². The van der Waals surface area contributed by atoms with Gasteiger partial charge in [-0.2, -0.15) is 0 Å². The van der Waals surface area contributed by atoms with Gasteiger partial charge in [-0.1, -0.05) is 12.1 Å². The molecule has 3 nitrogen and oxygen atoms in total. The Morgan fingerprint density at radius 1 is 0.741 bits per heavy atom. The third-order valence-electron chi connectivity index (χ3n) is 3.96. The first-order valence-electron chi connectivity index (χ1n) is 7.80. The molecule has 0 aliphatic carbocycles. The van der Waals surface area contributed by atoms with Gasteiger partial charge in [0.25, 0.3) is 0 Å². The van der Waals surface area contributed by atoms with Crippen molar-refractivity contribution in [1.82, 2.24) is 0 Å². The molecule has 0 amide bonds. The van der Waals surface area contributed by atoms with Crippen LogP contribution in [0.25, 0.3) is 0 Å². The van der Waals surface area contributed by atoms with Crippen molar-refractivity contribution in [2.75, 3.05) is 0 Å². The molecule has 0 saturated heterocycles. The minimum absolute atomic E-state index is 0.0305. The summed E-state index contributed by atoms with van der Waals surface area (Å²) >= 11 is 0. The minimum Gasteiger partial charge on any atom is -0.298 e. The third-order valence-corrected chi connectivity index (χ3v) is 3.96. The molecule has 6 heteroatoms. The van der Waals surface area contributed by atoms with Gasteiger partial charge in [0.05, 0.1) is 11.1 Å². The summed E-state index contributed by atoms with van der Waals surface area (Å²) in [7, 11) is 0. The number of halogens is 3. The average molecular weight is 368 g/mol. The van der Waals surface area contributed by atoms with Crippen molar-refractivity contribution in [3.63, 3.8) is 0 Å². The quantitative estimate of drug-likeness (QED) is 0.496. The molecule has 0 N–H and O–H groups in total. The van der Waals surface area contributed by atoms with Gasteiger partial charge in [-0.3, -0.25) is 14.4 Å². The van der Waals surface area contributed by atoms with Gasteiger partial charge in [0.1, 0.15) is 17.5 Å². The highest BCUT2D eigenvalue weighted by atomic mass is 19.1. The second-order valence-corrected chi connectivity index (χ2v) is 5.68. The summed E-state index contributed by atoms with van der Waals surface area (Å²) in [5, 5.41) is 0. The van der Waals surface area contributed by atoms with E-state index >= 15 is 0 Å². The maximum Gasteiger partial charge on any atom is 0.196 e. The zero-order chi connectivity index (χ0) is 19.6. The molecule has 0 heterocycles. The first-order valence-corrected chi connectivity index (χ1v) is 7.80. The lowest BCUT2D eigenvalue weighted by atomic mass is 9.91. The van der Waals surface area contributed by atoms with E-state index in [1.165, 1.54) is 24.3 Å². The first kappa shape index (κ1) is 18.3. The molecule has 3 aromatic carbocycles. The molecule has 0 spiro atoms. The van der Waals surface area contributed by atoms with Crippen LogP contribution < -0.4 is 0 Å². The zero-order valence-electron chi connectivity index (χ0n) is 13.7. The van der Waals surface area contributed by atoms with E-state index in [2.05, 4.69) is 0 Å². The van der Waals surface area contributed by atoms with Crippen molar-refractivity contribution >= 4 is 17.9 Å². The van der Waals surface area contributed by atoms with Crippen LogP contribution in [0.3, 0.4) is 0 Å². The van der Waals surface area contributed by atoms with Crippen molar-refractivity contribution in [1.29, 1.82) is 0 Å². The van der Waals surface area contributed by atoms with E-state index in [1.807, 2.05) is 0 Å². The number of aldehydes is 1. The van der Waals surface area contributed by atoms with Gasteiger partial charge < -0.3 is 0 Å². The SMILES string of the molecule is O=Cc1ccc(C(=O)c2ccc(F)cc2)c(C(=O)c2cccc(F)c2)c1F. The summed E-state index contributed by atoms with van der Waals surface area (Å²) in [5.41, 5.74) is -1.50. The van der Waals surface area contributed by atoms with E-state index in [0.717, 1.165) is 36.4 Å². The lowest BCUT2D eigenvalue weighted by Crippen LogP contribution is -2.15. The fourth-order valence-corrected chi connectivity index (χ4v) is 2.63. The Morgan fingerprint density at radius 3 is 2.07 bits per heavy atom. The Balaban J connectivity index is 2.19. The van der Waals surface area contributed by atoms with Gasteiger partial charge in [-0.15, -0.1) is 0 Å². The van der Waals surface area contributed by atoms with Crippen LogP contribution in [0.15, 0.2) is 60.7 Å². The monoisotopic (exact) mass is 368 g/mol. The van der Waals surface area contributed by atoms with Gasteiger partial charge in [-0.05, 0) is 48.5 Å². The Bertz CT molecular complexity index is 1060. The van der Waals surface area contributed by atoms with Gasteiger partial charge >= 0.3 is 0 Å². The van der Waals surface area contributed by atoms with Crippen molar-refractivity contribution < 1.29 is 27.6 Å². The van der Waals surface area contributed by atoms with E-state index in [-0.39, 0.29) is 23.0 Å². The largest absolute Gasteiger partial charge is 0.298 e. The first-order chi connectivity index (χ1) is 12.9. The number of carbonyl (C=O) groups is 3. The van der Waals surface area contributed by atoms with Crippen molar-refractivity contribution in [2.45, 2.75) is 0 Å². The van der Waals surface area contributed by atoms with Gasteiger partial charge in [0.15, 0.2) is 17.9 Å². The predicted octanol–water partition coefficient (Wildman–Crippen LogP) is 4.38. The fraction of sp³-hybridized carbons (Fsp3) is 0. The van der Waals surface area contributed by atoms with Crippen molar-refractivity contribution in [3.05, 3.63) is 106 Å². The highest BCUT2D eigenvalue weighted by molar-refractivity contribution is 6.20. The second kappa shape index (κ2) is 7.37. The van der Waals surface area contributed by atoms with Gasteiger partial charge in [0, 0.05) is 16.7 Å². The molecule has 3 aromatic rings. The van der Waals surface area contributed by atoms with E-state index in [0.29, 0.717) is 0 Å². The van der Waals surface area contributed by atoms with Crippen LogP contribution in [0, 0.1) is 17.5 Å². The molecular formula is C21H11F3O3. The van der Waals surface area contributed by atoms with Crippen LogP contribution in [0.4, 0.5) is 13.2 Å². The summed E-state index contributed by atoms with van der Waals surface area (Å²) in [5.74, 6) is -4.12. The van der Waals surface area contributed by atoms with Crippen LogP contribution in [0.1, 0.15) is 42.2 Å². The maximum atomic E-state index is 14.8. The molecule has 0 atom stereocenters. The Labute approximate surface area is 152 Å². The molecule has 0 aromatic heterocycles. The van der Waals surface area contributed by atoms with E-state index < -0.39 is 40.1 Å². The van der Waals surface area contributed by atoms with Crippen molar-refractivity contribution in [2.24, 2.45) is 0 Å². The second-order valence-electron chi connectivity index (χ2n) is 5.68. The number of ketones is 2. The normalized spacial score (nSPS) is 10.5. The molecule has 0 bridgehead atoms. The summed E-state index contributed by atoms with van der Waals surface area (Å²) in [6, 6.07) is 11.3. The smallest absolute Gasteiger partial charge is 0.196 e. The lowest BCUT2D eigenvalue weighted by Gasteiger charge is -2.11. The van der Waals surface area contributed by atoms with Gasteiger partial charge in [-0.25, -0.2) is 13.2 Å². The van der Waals surface area contributed by atoms with Crippen molar-refractivity contribution in [3.8, 4) is 0 Å². The molecule has 0 unspecified atom stereocenters. The summed E-state index contributed by atoms with van der Waals surface area (Å²) in [6.45, 7) is 0. The van der Waals surface area contributed by atoms with E-state index in [4.69, 9.17) is 0 Å². The fourth-order valence-electron chi connectivity index (χ4n) is 2.63. The van der Waals surface area contributed by atoms with Crippen LogP contribution in [-0.2, 0) is 0 Å². The lowest BCUT2D eigenvalue weighted by molar-refractivity contribution is 0.0999. The minimum atomic E-state index is -1.17. The average Bonchev–Trinajstić information content (AvgIpc) is 2.67. The highest BCUT2D eigenvalue weighted by Crippen LogP contribution is 2.24. The molecule has 0 fully saturated rings. The standard InChI is InChI=1S/C21H11F3O3/c22-15-7-4-12(5-8-15)20(26)17-9-6-14(11-25)19(24)18(17)21(27)13-2-1-3-16(23)10-13/h1-11H. The molecule has 3 rings (SSSR count). The molecule has 134 valence electrons. The molecule has 27 heavy (non-hydrogen) atoms. The Morgan fingerprint density at radius 2 is 1.44 bits per heavy atom. The summed E-state index contributed by atoms with van der Waals surface area (Å²) in [6.07, 6.45) is 0.212. The zero-order valence-corrected chi connectivity index (χ0v) is 13.7. The number of benzene rings is 3. The number of hydrogen-bond acceptors (Lipinski definition) is 3. The summed E-state index contributed by atoms with van der Waals surface area (Å²) < 4.78 is 41.3.